The van der Waals surface area contributed by atoms with Crippen molar-refractivity contribution >= 4 is 57.1 Å². The lowest BCUT2D eigenvalue weighted by molar-refractivity contribution is 0.599. The molecule has 1 fully saturated rings. The van der Waals surface area contributed by atoms with Gasteiger partial charge >= 0.3 is 0 Å². The molecule has 4 N–H and O–H groups in total. The second-order valence-electron chi connectivity index (χ2n) is 6.08. The third kappa shape index (κ3) is 5.75. The standard InChI is InChI=1S/C16H21FN6O2S2.HI/c1-19-16(21-9-12-4-5-14(26-12)27(18,24)25)22-11-6-8-23(10-11)15-13(17)3-2-7-20-15;/h2-5,7,11H,6,8-10H2,1H3,(H2,18,24,25)(H2,19,21,22);1H. The fraction of sp³-hybridized carbons (Fsp3) is 0.375. The Kier molecular flexibility index (Phi) is 7.97. The summed E-state index contributed by atoms with van der Waals surface area (Å²) in [6, 6.07) is 6.28. The lowest BCUT2D eigenvalue weighted by Crippen LogP contribution is -2.44. The van der Waals surface area contributed by atoms with Gasteiger partial charge in [0.15, 0.2) is 17.6 Å². The van der Waals surface area contributed by atoms with Gasteiger partial charge in [-0.25, -0.2) is 22.9 Å². The Labute approximate surface area is 184 Å². The van der Waals surface area contributed by atoms with Crippen LogP contribution in [0.5, 0.6) is 0 Å². The van der Waals surface area contributed by atoms with Crippen LogP contribution in [0.1, 0.15) is 11.3 Å². The summed E-state index contributed by atoms with van der Waals surface area (Å²) < 4.78 is 36.7. The van der Waals surface area contributed by atoms with E-state index in [-0.39, 0.29) is 40.0 Å². The van der Waals surface area contributed by atoms with Gasteiger partial charge in [0.1, 0.15) is 4.21 Å². The van der Waals surface area contributed by atoms with Crippen molar-refractivity contribution in [3.63, 3.8) is 0 Å². The molecule has 12 heteroatoms. The third-order valence-corrected chi connectivity index (χ3v) is 6.66. The molecule has 1 saturated heterocycles. The molecule has 1 unspecified atom stereocenters. The van der Waals surface area contributed by atoms with Crippen LogP contribution >= 0.6 is 35.3 Å². The average Bonchev–Trinajstić information content (AvgIpc) is 3.28. The SMILES string of the molecule is CN=C(NCc1ccc(S(N)(=O)=O)s1)NC1CCN(c2ncccc2F)C1.I. The molecule has 2 aromatic heterocycles. The minimum absolute atomic E-state index is 0. The minimum Gasteiger partial charge on any atom is -0.352 e. The highest BCUT2D eigenvalue weighted by Gasteiger charge is 2.26. The van der Waals surface area contributed by atoms with E-state index in [2.05, 4.69) is 20.6 Å². The van der Waals surface area contributed by atoms with Crippen LogP contribution in [0.2, 0.25) is 0 Å². The van der Waals surface area contributed by atoms with Crippen LogP contribution in [0.25, 0.3) is 0 Å². The monoisotopic (exact) mass is 540 g/mol. The first-order valence-corrected chi connectivity index (χ1v) is 10.7. The number of aliphatic imine (C=N–C) groups is 1. The van der Waals surface area contributed by atoms with Crippen LogP contribution in [0.3, 0.4) is 0 Å². The second-order valence-corrected chi connectivity index (χ2v) is 9.03. The fourth-order valence-electron chi connectivity index (χ4n) is 2.85. The molecule has 0 saturated carbocycles. The number of anilines is 1. The van der Waals surface area contributed by atoms with Gasteiger partial charge in [-0.2, -0.15) is 0 Å². The van der Waals surface area contributed by atoms with E-state index in [0.29, 0.717) is 31.4 Å². The normalized spacial score (nSPS) is 17.3. The molecule has 1 aliphatic heterocycles. The highest BCUT2D eigenvalue weighted by molar-refractivity contribution is 14.0. The molecule has 3 rings (SSSR count). The summed E-state index contributed by atoms with van der Waals surface area (Å²) in [5.41, 5.74) is 0. The van der Waals surface area contributed by atoms with Crippen molar-refractivity contribution in [2.45, 2.75) is 23.2 Å². The Morgan fingerprint density at radius 3 is 2.89 bits per heavy atom. The number of nitrogens with two attached hydrogens (primary N) is 1. The molecule has 154 valence electrons. The van der Waals surface area contributed by atoms with Crippen LogP contribution in [0, 0.1) is 5.82 Å². The van der Waals surface area contributed by atoms with Gasteiger partial charge in [0, 0.05) is 37.3 Å². The molecule has 0 aliphatic carbocycles. The predicted molar refractivity (Wildman–Crippen MR) is 119 cm³/mol. The van der Waals surface area contributed by atoms with Gasteiger partial charge in [-0.05, 0) is 30.7 Å². The molecule has 0 amide bonds. The third-order valence-electron chi connectivity index (χ3n) is 4.14. The van der Waals surface area contributed by atoms with Crippen molar-refractivity contribution in [1.29, 1.82) is 0 Å². The summed E-state index contributed by atoms with van der Waals surface area (Å²) in [6.45, 7) is 1.74. The molecule has 28 heavy (non-hydrogen) atoms. The molecule has 8 nitrogen and oxygen atoms in total. The first-order chi connectivity index (χ1) is 12.9. The van der Waals surface area contributed by atoms with Crippen LogP contribution < -0.4 is 20.7 Å². The summed E-state index contributed by atoms with van der Waals surface area (Å²) >= 11 is 1.12. The van der Waals surface area contributed by atoms with Crippen molar-refractivity contribution in [3.05, 3.63) is 41.2 Å². The van der Waals surface area contributed by atoms with E-state index in [1.807, 2.05) is 4.90 Å². The lowest BCUT2D eigenvalue weighted by atomic mass is 10.3. The smallest absolute Gasteiger partial charge is 0.247 e. The molecular formula is C16H22FIN6O2S2. The largest absolute Gasteiger partial charge is 0.352 e. The zero-order chi connectivity index (χ0) is 19.4. The van der Waals surface area contributed by atoms with E-state index in [4.69, 9.17) is 5.14 Å². The number of aromatic nitrogens is 1. The number of nitrogens with one attached hydrogen (secondary N) is 2. The van der Waals surface area contributed by atoms with E-state index in [0.717, 1.165) is 22.6 Å². The first kappa shape index (κ1) is 22.8. The first-order valence-electron chi connectivity index (χ1n) is 8.31. The lowest BCUT2D eigenvalue weighted by Gasteiger charge is -2.19. The number of hydrogen-bond donors (Lipinski definition) is 3. The van der Waals surface area contributed by atoms with Gasteiger partial charge in [-0.15, -0.1) is 35.3 Å². The molecule has 2 aromatic rings. The summed E-state index contributed by atoms with van der Waals surface area (Å²) in [4.78, 5) is 11.0. The van der Waals surface area contributed by atoms with E-state index in [1.165, 1.54) is 12.1 Å². The van der Waals surface area contributed by atoms with E-state index in [9.17, 15) is 12.8 Å². The zero-order valence-corrected chi connectivity index (χ0v) is 19.1. The molecule has 0 radical (unpaired) electrons. The second kappa shape index (κ2) is 9.80. The maximum atomic E-state index is 13.9. The maximum Gasteiger partial charge on any atom is 0.247 e. The topological polar surface area (TPSA) is 113 Å². The van der Waals surface area contributed by atoms with Crippen molar-refractivity contribution in [1.82, 2.24) is 15.6 Å². The quantitative estimate of drug-likeness (QED) is 0.301. The van der Waals surface area contributed by atoms with Crippen LogP contribution in [-0.2, 0) is 16.6 Å². The summed E-state index contributed by atoms with van der Waals surface area (Å²) in [5, 5.41) is 11.6. The van der Waals surface area contributed by atoms with Crippen LogP contribution in [-0.4, -0.2) is 45.5 Å². The fourth-order valence-corrected chi connectivity index (χ4v) is 4.56. The van der Waals surface area contributed by atoms with Gasteiger partial charge in [0.2, 0.25) is 10.0 Å². The molecule has 0 spiro atoms. The number of primary sulfonamides is 1. The molecule has 3 heterocycles. The number of hydrogen-bond acceptors (Lipinski definition) is 6. The summed E-state index contributed by atoms with van der Waals surface area (Å²) in [6.07, 6.45) is 2.40. The molecule has 1 atom stereocenters. The molecular weight excluding hydrogens is 518 g/mol. The molecule has 0 aromatic carbocycles. The minimum atomic E-state index is -3.68. The Balaban J connectivity index is 0.00000280. The molecule has 0 bridgehead atoms. The summed E-state index contributed by atoms with van der Waals surface area (Å²) in [5.74, 6) is 0.622. The average molecular weight is 540 g/mol. The Hall–Kier alpha value is -1.51. The highest BCUT2D eigenvalue weighted by Crippen LogP contribution is 2.21. The highest BCUT2D eigenvalue weighted by atomic mass is 127. The number of guanidine groups is 1. The van der Waals surface area contributed by atoms with Gasteiger partial charge in [-0.1, -0.05) is 0 Å². The van der Waals surface area contributed by atoms with Gasteiger partial charge in [-0.3, -0.25) is 4.99 Å². The number of thiophene rings is 1. The number of sulfonamides is 1. The van der Waals surface area contributed by atoms with Crippen LogP contribution in [0.4, 0.5) is 10.2 Å². The van der Waals surface area contributed by atoms with Gasteiger partial charge in [0.05, 0.1) is 6.54 Å². The maximum absolute atomic E-state index is 13.9. The van der Waals surface area contributed by atoms with E-state index >= 15 is 0 Å². The van der Waals surface area contributed by atoms with Crippen molar-refractivity contribution in [2.24, 2.45) is 10.1 Å². The number of nitrogens with zero attached hydrogens (tertiary/aromatic N) is 3. The van der Waals surface area contributed by atoms with Crippen LogP contribution in [0.15, 0.2) is 39.7 Å². The van der Waals surface area contributed by atoms with Gasteiger partial charge in [0.25, 0.3) is 0 Å². The number of rotatable bonds is 5. The molecule has 1 aliphatic rings. The Bertz CT molecular complexity index is 937. The number of halogens is 2. The van der Waals surface area contributed by atoms with E-state index in [1.54, 1.807) is 25.4 Å². The summed E-state index contributed by atoms with van der Waals surface area (Å²) in [7, 11) is -2.02. The number of pyridine rings is 1. The van der Waals surface area contributed by atoms with Crippen molar-refractivity contribution in [3.8, 4) is 0 Å². The van der Waals surface area contributed by atoms with Crippen molar-refractivity contribution in [2.75, 3.05) is 25.0 Å². The predicted octanol–water partition coefficient (Wildman–Crippen LogP) is 1.49. The Morgan fingerprint density at radius 2 is 2.25 bits per heavy atom. The van der Waals surface area contributed by atoms with Crippen molar-refractivity contribution < 1.29 is 12.8 Å². The van der Waals surface area contributed by atoms with Gasteiger partial charge < -0.3 is 15.5 Å². The Morgan fingerprint density at radius 1 is 1.46 bits per heavy atom. The zero-order valence-electron chi connectivity index (χ0n) is 15.1. The van der Waals surface area contributed by atoms with E-state index < -0.39 is 10.0 Å².